The number of fused-ring (bicyclic) bond motifs is 1. The van der Waals surface area contributed by atoms with Crippen molar-refractivity contribution in [2.24, 2.45) is 5.73 Å². The maximum atomic E-state index is 6.15. The van der Waals surface area contributed by atoms with Crippen LogP contribution in [0.15, 0.2) is 18.2 Å². The van der Waals surface area contributed by atoms with Gasteiger partial charge in [0.25, 0.3) is 0 Å². The molecule has 1 aromatic carbocycles. The van der Waals surface area contributed by atoms with Crippen LogP contribution in [0.3, 0.4) is 0 Å². The first-order valence-corrected chi connectivity index (χ1v) is 7.32. The molecular weight excluding hydrogens is 222 g/mol. The van der Waals surface area contributed by atoms with Gasteiger partial charge in [-0.1, -0.05) is 32.3 Å². The molecular formula is C16H25NO. The summed E-state index contributed by atoms with van der Waals surface area (Å²) in [7, 11) is 0. The average Bonchev–Trinajstić information content (AvgIpc) is 2.39. The third-order valence-corrected chi connectivity index (χ3v) is 3.74. The van der Waals surface area contributed by atoms with Gasteiger partial charge in [0.15, 0.2) is 0 Å². The first kappa shape index (κ1) is 13.4. The fourth-order valence-corrected chi connectivity index (χ4v) is 2.62. The molecule has 2 heteroatoms. The Morgan fingerprint density at radius 3 is 3.00 bits per heavy atom. The Morgan fingerprint density at radius 1 is 1.28 bits per heavy atom. The van der Waals surface area contributed by atoms with E-state index in [4.69, 9.17) is 10.5 Å². The molecule has 18 heavy (non-hydrogen) atoms. The summed E-state index contributed by atoms with van der Waals surface area (Å²) in [5, 5.41) is 0. The van der Waals surface area contributed by atoms with E-state index in [9.17, 15) is 0 Å². The molecule has 2 N–H and O–H groups in total. The average molecular weight is 247 g/mol. The molecule has 1 unspecified atom stereocenters. The Bertz CT molecular complexity index is 375. The molecule has 1 aromatic rings. The molecule has 0 aromatic heterocycles. The highest BCUT2D eigenvalue weighted by Crippen LogP contribution is 2.30. The zero-order chi connectivity index (χ0) is 12.8. The molecule has 0 heterocycles. The molecule has 1 aliphatic carbocycles. The lowest BCUT2D eigenvalue weighted by molar-refractivity contribution is 0.304. The Kier molecular flexibility index (Phi) is 5.06. The summed E-state index contributed by atoms with van der Waals surface area (Å²) in [4.78, 5) is 0. The Hall–Kier alpha value is -1.02. The van der Waals surface area contributed by atoms with Crippen LogP contribution >= 0.6 is 0 Å². The van der Waals surface area contributed by atoms with E-state index in [1.165, 1.54) is 43.2 Å². The SMILES string of the molecule is CCCCCCOc1ccc2c(c1)C(N)CCC2. The maximum Gasteiger partial charge on any atom is 0.119 e. The smallest absolute Gasteiger partial charge is 0.119 e. The molecule has 0 aliphatic heterocycles. The van der Waals surface area contributed by atoms with Crippen molar-refractivity contribution in [2.75, 3.05) is 6.61 Å². The van der Waals surface area contributed by atoms with Gasteiger partial charge in [0, 0.05) is 6.04 Å². The lowest BCUT2D eigenvalue weighted by Crippen LogP contribution is -2.17. The first-order chi connectivity index (χ1) is 8.81. The van der Waals surface area contributed by atoms with Gasteiger partial charge >= 0.3 is 0 Å². The predicted octanol–water partition coefficient (Wildman–Crippen LogP) is 3.98. The van der Waals surface area contributed by atoms with E-state index in [-0.39, 0.29) is 6.04 Å². The predicted molar refractivity (Wildman–Crippen MR) is 75.9 cm³/mol. The zero-order valence-electron chi connectivity index (χ0n) is 11.5. The maximum absolute atomic E-state index is 6.15. The molecule has 0 radical (unpaired) electrons. The quantitative estimate of drug-likeness (QED) is 0.772. The molecule has 0 saturated heterocycles. The third kappa shape index (κ3) is 3.49. The van der Waals surface area contributed by atoms with Crippen LogP contribution in [-0.4, -0.2) is 6.61 Å². The van der Waals surface area contributed by atoms with Gasteiger partial charge in [-0.05, 0) is 48.9 Å². The van der Waals surface area contributed by atoms with Crippen molar-refractivity contribution in [3.63, 3.8) is 0 Å². The molecule has 0 saturated carbocycles. The fraction of sp³-hybridized carbons (Fsp3) is 0.625. The summed E-state index contributed by atoms with van der Waals surface area (Å²) < 4.78 is 5.81. The van der Waals surface area contributed by atoms with E-state index < -0.39 is 0 Å². The van der Waals surface area contributed by atoms with Gasteiger partial charge in [0.05, 0.1) is 6.61 Å². The summed E-state index contributed by atoms with van der Waals surface area (Å²) in [5.41, 5.74) is 8.86. The summed E-state index contributed by atoms with van der Waals surface area (Å²) in [6.07, 6.45) is 8.47. The number of hydrogen-bond donors (Lipinski definition) is 1. The van der Waals surface area contributed by atoms with Crippen LogP contribution in [0.25, 0.3) is 0 Å². The topological polar surface area (TPSA) is 35.2 Å². The van der Waals surface area contributed by atoms with Gasteiger partial charge in [-0.2, -0.15) is 0 Å². The number of hydrogen-bond acceptors (Lipinski definition) is 2. The van der Waals surface area contributed by atoms with Gasteiger partial charge in [0.2, 0.25) is 0 Å². The second-order valence-corrected chi connectivity index (χ2v) is 5.27. The van der Waals surface area contributed by atoms with E-state index >= 15 is 0 Å². The van der Waals surface area contributed by atoms with E-state index in [1.54, 1.807) is 0 Å². The molecule has 0 amide bonds. The van der Waals surface area contributed by atoms with Crippen LogP contribution in [0, 0.1) is 0 Å². The van der Waals surface area contributed by atoms with Crippen LogP contribution < -0.4 is 10.5 Å². The van der Waals surface area contributed by atoms with Gasteiger partial charge in [-0.25, -0.2) is 0 Å². The molecule has 0 spiro atoms. The Morgan fingerprint density at radius 2 is 2.17 bits per heavy atom. The number of rotatable bonds is 6. The molecule has 2 nitrogen and oxygen atoms in total. The second-order valence-electron chi connectivity index (χ2n) is 5.27. The van der Waals surface area contributed by atoms with Crippen molar-refractivity contribution >= 4 is 0 Å². The van der Waals surface area contributed by atoms with E-state index in [1.807, 2.05) is 0 Å². The summed E-state index contributed by atoms with van der Waals surface area (Å²) in [6.45, 7) is 3.06. The number of unbranched alkanes of at least 4 members (excludes halogenated alkanes) is 3. The van der Waals surface area contributed by atoms with E-state index in [2.05, 4.69) is 25.1 Å². The molecule has 0 fully saturated rings. The summed E-state index contributed by atoms with van der Waals surface area (Å²) in [6, 6.07) is 6.64. The van der Waals surface area contributed by atoms with Crippen LogP contribution in [0.1, 0.15) is 62.6 Å². The van der Waals surface area contributed by atoms with Crippen molar-refractivity contribution in [1.82, 2.24) is 0 Å². The lowest BCUT2D eigenvalue weighted by Gasteiger charge is -2.22. The summed E-state index contributed by atoms with van der Waals surface area (Å²) in [5.74, 6) is 0.989. The van der Waals surface area contributed by atoms with Crippen molar-refractivity contribution in [2.45, 2.75) is 57.9 Å². The minimum absolute atomic E-state index is 0.206. The van der Waals surface area contributed by atoms with Crippen LogP contribution in [0.2, 0.25) is 0 Å². The Labute approximate surface area is 111 Å². The standard InChI is InChI=1S/C16H25NO/c1-2-3-4-5-11-18-14-10-9-13-7-6-8-16(17)15(13)12-14/h9-10,12,16H,2-8,11,17H2,1H3. The molecule has 2 rings (SSSR count). The minimum Gasteiger partial charge on any atom is -0.494 e. The zero-order valence-corrected chi connectivity index (χ0v) is 11.5. The number of benzene rings is 1. The molecule has 0 bridgehead atoms. The van der Waals surface area contributed by atoms with Crippen LogP contribution in [0.5, 0.6) is 5.75 Å². The number of nitrogens with two attached hydrogens (primary N) is 1. The largest absolute Gasteiger partial charge is 0.494 e. The lowest BCUT2D eigenvalue weighted by atomic mass is 9.88. The number of ether oxygens (including phenoxy) is 1. The van der Waals surface area contributed by atoms with Crippen molar-refractivity contribution in [1.29, 1.82) is 0 Å². The van der Waals surface area contributed by atoms with Crippen molar-refractivity contribution in [3.8, 4) is 5.75 Å². The van der Waals surface area contributed by atoms with Crippen LogP contribution in [-0.2, 0) is 6.42 Å². The fourth-order valence-electron chi connectivity index (χ4n) is 2.62. The van der Waals surface area contributed by atoms with Gasteiger partial charge < -0.3 is 10.5 Å². The van der Waals surface area contributed by atoms with E-state index in [0.717, 1.165) is 25.2 Å². The van der Waals surface area contributed by atoms with E-state index in [0.29, 0.717) is 0 Å². The molecule has 1 aliphatic rings. The van der Waals surface area contributed by atoms with Gasteiger partial charge in [-0.3, -0.25) is 0 Å². The second kappa shape index (κ2) is 6.79. The molecule has 1 atom stereocenters. The first-order valence-electron chi connectivity index (χ1n) is 7.32. The normalized spacial score (nSPS) is 18.4. The monoisotopic (exact) mass is 247 g/mol. The molecule has 100 valence electrons. The Balaban J connectivity index is 1.88. The minimum atomic E-state index is 0.206. The third-order valence-electron chi connectivity index (χ3n) is 3.74. The highest BCUT2D eigenvalue weighted by Gasteiger charge is 2.17. The summed E-state index contributed by atoms with van der Waals surface area (Å²) >= 11 is 0. The van der Waals surface area contributed by atoms with Gasteiger partial charge in [-0.15, -0.1) is 0 Å². The highest BCUT2D eigenvalue weighted by molar-refractivity contribution is 5.39. The van der Waals surface area contributed by atoms with Crippen molar-refractivity contribution in [3.05, 3.63) is 29.3 Å². The van der Waals surface area contributed by atoms with Crippen molar-refractivity contribution < 1.29 is 4.74 Å². The van der Waals surface area contributed by atoms with Gasteiger partial charge in [0.1, 0.15) is 5.75 Å². The highest BCUT2D eigenvalue weighted by atomic mass is 16.5. The number of aryl methyl sites for hydroxylation is 1. The van der Waals surface area contributed by atoms with Crippen LogP contribution in [0.4, 0.5) is 0 Å².